The smallest absolute Gasteiger partial charge is 0.381 e. The van der Waals surface area contributed by atoms with E-state index in [4.69, 9.17) is 0 Å². The van der Waals surface area contributed by atoms with E-state index in [1.165, 1.54) is 42.3 Å². The molecular formula is C22H25F3N4O3S. The molecule has 0 radical (unpaired) electrons. The van der Waals surface area contributed by atoms with Gasteiger partial charge in [-0.25, -0.2) is 14.7 Å². The number of halogens is 3. The number of carbonyl (C=O) groups excluding carboxylic acids is 2. The molecule has 1 aliphatic carbocycles. The maximum Gasteiger partial charge on any atom is 0.491 e. The third-order valence-electron chi connectivity index (χ3n) is 6.15. The van der Waals surface area contributed by atoms with E-state index in [-0.39, 0.29) is 16.0 Å². The first-order valence-electron chi connectivity index (χ1n) is 11.1. The van der Waals surface area contributed by atoms with Crippen LogP contribution in [0, 0.1) is 0 Å². The zero-order valence-electron chi connectivity index (χ0n) is 17.9. The van der Waals surface area contributed by atoms with Crippen LogP contribution >= 0.6 is 11.8 Å². The first kappa shape index (κ1) is 23.6. The molecule has 0 bridgehead atoms. The topological polar surface area (TPSA) is 88.2 Å². The van der Waals surface area contributed by atoms with Crippen molar-refractivity contribution in [2.24, 2.45) is 0 Å². The number of benzene rings is 1. The summed E-state index contributed by atoms with van der Waals surface area (Å²) in [5.41, 5.74) is 2.27. The monoisotopic (exact) mass is 482 g/mol. The maximum atomic E-state index is 12.4. The van der Waals surface area contributed by atoms with E-state index in [1.807, 2.05) is 0 Å². The van der Waals surface area contributed by atoms with Gasteiger partial charge in [-0.05, 0) is 68.6 Å². The normalized spacial score (nSPS) is 21.6. The Bertz CT molecular complexity index is 983. The standard InChI is InChI=1S/C22H25F3N4O3S/c23-22(24,25)21(31)32-20(30)18-19(27-28-26-18)33-17-9-7-14(8-10-17)15-5-4-6-16(13-15)29-11-2-1-3-12-29/h4-6,13-14,17H,1-3,7-12H2,(H,26,27,28). The van der Waals surface area contributed by atoms with E-state index in [1.54, 1.807) is 0 Å². The fourth-order valence-corrected chi connectivity index (χ4v) is 5.58. The summed E-state index contributed by atoms with van der Waals surface area (Å²) in [7, 11) is 0. The van der Waals surface area contributed by atoms with Crippen LogP contribution in [0.2, 0.25) is 0 Å². The minimum Gasteiger partial charge on any atom is -0.381 e. The number of carbonyl (C=O) groups is 2. The van der Waals surface area contributed by atoms with Crippen LogP contribution in [0.5, 0.6) is 0 Å². The van der Waals surface area contributed by atoms with Gasteiger partial charge in [0, 0.05) is 24.0 Å². The van der Waals surface area contributed by atoms with Crippen molar-refractivity contribution >= 4 is 29.4 Å². The molecule has 1 aliphatic heterocycles. The van der Waals surface area contributed by atoms with Crippen LogP contribution in [-0.4, -0.2) is 51.9 Å². The van der Waals surface area contributed by atoms with Gasteiger partial charge in [0.05, 0.1) is 0 Å². The number of nitrogens with zero attached hydrogens (tertiary/aromatic N) is 3. The molecule has 1 aromatic heterocycles. The zero-order chi connectivity index (χ0) is 23.4. The van der Waals surface area contributed by atoms with Gasteiger partial charge in [0.1, 0.15) is 0 Å². The lowest BCUT2D eigenvalue weighted by atomic mass is 9.83. The van der Waals surface area contributed by atoms with E-state index in [0.717, 1.165) is 38.8 Å². The first-order valence-corrected chi connectivity index (χ1v) is 11.9. The van der Waals surface area contributed by atoms with E-state index in [2.05, 4.69) is 49.3 Å². The number of hydrogen-bond donors (Lipinski definition) is 1. The molecule has 7 nitrogen and oxygen atoms in total. The Labute approximate surface area is 193 Å². The number of esters is 2. The fraction of sp³-hybridized carbons (Fsp3) is 0.545. The molecule has 1 saturated carbocycles. The van der Waals surface area contributed by atoms with Gasteiger partial charge in [-0.2, -0.15) is 13.2 Å². The maximum absolute atomic E-state index is 12.4. The molecule has 0 atom stereocenters. The molecule has 1 saturated heterocycles. The van der Waals surface area contributed by atoms with Gasteiger partial charge in [-0.3, -0.25) is 0 Å². The van der Waals surface area contributed by atoms with E-state index < -0.39 is 18.1 Å². The molecule has 4 rings (SSSR count). The van der Waals surface area contributed by atoms with Crippen LogP contribution in [-0.2, 0) is 9.53 Å². The van der Waals surface area contributed by atoms with Gasteiger partial charge < -0.3 is 9.64 Å². The highest BCUT2D eigenvalue weighted by Gasteiger charge is 2.43. The number of anilines is 1. The molecule has 1 aromatic carbocycles. The molecule has 178 valence electrons. The summed E-state index contributed by atoms with van der Waals surface area (Å²) in [6, 6.07) is 8.77. The predicted molar refractivity (Wildman–Crippen MR) is 116 cm³/mol. The summed E-state index contributed by atoms with van der Waals surface area (Å²) in [6.07, 6.45) is 2.17. The van der Waals surface area contributed by atoms with Crippen LogP contribution in [0.1, 0.15) is 66.9 Å². The van der Waals surface area contributed by atoms with Crippen LogP contribution < -0.4 is 4.90 Å². The summed E-state index contributed by atoms with van der Waals surface area (Å²) < 4.78 is 41.0. The molecule has 2 heterocycles. The molecule has 0 unspecified atom stereocenters. The summed E-state index contributed by atoms with van der Waals surface area (Å²) in [4.78, 5) is 25.3. The lowest BCUT2D eigenvalue weighted by Gasteiger charge is -2.31. The molecule has 33 heavy (non-hydrogen) atoms. The Kier molecular flexibility index (Phi) is 7.26. The van der Waals surface area contributed by atoms with Crippen molar-refractivity contribution in [1.29, 1.82) is 0 Å². The quantitative estimate of drug-likeness (QED) is 0.481. The number of thioether (sulfide) groups is 1. The zero-order valence-corrected chi connectivity index (χ0v) is 18.8. The Morgan fingerprint density at radius 3 is 2.52 bits per heavy atom. The molecular weight excluding hydrogens is 457 g/mol. The van der Waals surface area contributed by atoms with E-state index >= 15 is 0 Å². The van der Waals surface area contributed by atoms with Crippen molar-refractivity contribution < 1.29 is 27.5 Å². The second-order valence-electron chi connectivity index (χ2n) is 8.40. The number of H-pyrrole nitrogens is 1. The second kappa shape index (κ2) is 10.1. The van der Waals surface area contributed by atoms with Crippen LogP contribution in [0.4, 0.5) is 18.9 Å². The Hall–Kier alpha value is -2.56. The summed E-state index contributed by atoms with van der Waals surface area (Å²) >= 11 is 1.28. The van der Waals surface area contributed by atoms with Gasteiger partial charge in [0.25, 0.3) is 0 Å². The molecule has 2 aliphatic rings. The van der Waals surface area contributed by atoms with Crippen molar-refractivity contribution in [1.82, 2.24) is 15.4 Å². The number of rotatable bonds is 5. The van der Waals surface area contributed by atoms with Crippen LogP contribution in [0.15, 0.2) is 29.3 Å². The minimum absolute atomic E-state index is 0.140. The molecule has 1 N–H and O–H groups in total. The van der Waals surface area contributed by atoms with Gasteiger partial charge in [-0.15, -0.1) is 5.10 Å². The molecule has 2 aromatic rings. The third-order valence-corrected chi connectivity index (χ3v) is 7.47. The Morgan fingerprint density at radius 2 is 1.82 bits per heavy atom. The number of alkyl halides is 3. The highest BCUT2D eigenvalue weighted by Crippen LogP contribution is 2.41. The van der Waals surface area contributed by atoms with Gasteiger partial charge in [0.2, 0.25) is 0 Å². The van der Waals surface area contributed by atoms with Gasteiger partial charge in [0.15, 0.2) is 10.7 Å². The van der Waals surface area contributed by atoms with Gasteiger partial charge >= 0.3 is 18.1 Å². The molecule has 2 fully saturated rings. The Balaban J connectivity index is 1.33. The lowest BCUT2D eigenvalue weighted by Crippen LogP contribution is -2.29. The van der Waals surface area contributed by atoms with Crippen LogP contribution in [0.25, 0.3) is 0 Å². The molecule has 11 heteroatoms. The predicted octanol–water partition coefficient (Wildman–Crippen LogP) is 4.86. The average molecular weight is 483 g/mol. The van der Waals surface area contributed by atoms with Crippen molar-refractivity contribution in [3.8, 4) is 0 Å². The third kappa shape index (κ3) is 5.87. The minimum atomic E-state index is -5.25. The average Bonchev–Trinajstić information content (AvgIpc) is 3.28. The van der Waals surface area contributed by atoms with Crippen molar-refractivity contribution in [2.75, 3.05) is 18.0 Å². The number of aromatic nitrogens is 3. The summed E-state index contributed by atoms with van der Waals surface area (Å²) in [5, 5.41) is 9.83. The number of nitrogens with one attached hydrogen (secondary N) is 1. The largest absolute Gasteiger partial charge is 0.491 e. The van der Waals surface area contributed by atoms with Crippen molar-refractivity contribution in [3.05, 3.63) is 35.5 Å². The van der Waals surface area contributed by atoms with E-state index in [0.29, 0.717) is 5.92 Å². The van der Waals surface area contributed by atoms with Crippen LogP contribution in [0.3, 0.4) is 0 Å². The lowest BCUT2D eigenvalue weighted by molar-refractivity contribution is -0.193. The number of ether oxygens (including phenoxy) is 1. The summed E-state index contributed by atoms with van der Waals surface area (Å²) in [6.45, 7) is 2.20. The highest BCUT2D eigenvalue weighted by atomic mass is 32.2. The number of hydrogen-bond acceptors (Lipinski definition) is 7. The molecule has 0 amide bonds. The molecule has 0 spiro atoms. The Morgan fingerprint density at radius 1 is 1.09 bits per heavy atom. The number of aromatic amines is 1. The van der Waals surface area contributed by atoms with Gasteiger partial charge in [-0.1, -0.05) is 29.1 Å². The van der Waals surface area contributed by atoms with E-state index in [9.17, 15) is 22.8 Å². The first-order chi connectivity index (χ1) is 15.8. The van der Waals surface area contributed by atoms with Crippen molar-refractivity contribution in [3.63, 3.8) is 0 Å². The highest BCUT2D eigenvalue weighted by molar-refractivity contribution is 7.99. The van der Waals surface area contributed by atoms with Crippen molar-refractivity contribution in [2.45, 2.75) is 67.3 Å². The fourth-order valence-electron chi connectivity index (χ4n) is 4.43. The SMILES string of the molecule is O=C(OC(=O)C(F)(F)F)c1[nH]nnc1SC1CCC(c2cccc(N3CCCCC3)c2)CC1. The summed E-state index contributed by atoms with van der Waals surface area (Å²) in [5.74, 6) is -3.56. The number of piperidine rings is 1. The second-order valence-corrected chi connectivity index (χ2v) is 9.69.